The third-order valence-corrected chi connectivity index (χ3v) is 4.28. The van der Waals surface area contributed by atoms with Crippen molar-refractivity contribution in [3.63, 3.8) is 0 Å². The summed E-state index contributed by atoms with van der Waals surface area (Å²) in [5.41, 5.74) is -1.28. The largest absolute Gasteiger partial charge is 0.480 e. The van der Waals surface area contributed by atoms with Crippen LogP contribution in [0.15, 0.2) is 0 Å². The van der Waals surface area contributed by atoms with Crippen LogP contribution in [0.5, 0.6) is 0 Å². The summed E-state index contributed by atoms with van der Waals surface area (Å²) in [6, 6.07) is -1.52. The third-order valence-electron chi connectivity index (χ3n) is 4.28. The van der Waals surface area contributed by atoms with Crippen LogP contribution < -0.4 is 5.32 Å². The lowest BCUT2D eigenvalue weighted by molar-refractivity contribution is -0.150. The fourth-order valence-corrected chi connectivity index (χ4v) is 2.76. The average molecular weight is 297 g/mol. The second-order valence-electron chi connectivity index (χ2n) is 5.68. The molecule has 0 radical (unpaired) electrons. The normalized spacial score (nSPS) is 29.7. The minimum atomic E-state index is -1.28. The fraction of sp³-hybridized carbons (Fsp3) is 0.692. The number of carboxylic acids is 1. The van der Waals surface area contributed by atoms with Crippen LogP contribution in [-0.4, -0.2) is 63.9 Å². The first kappa shape index (κ1) is 15.3. The van der Waals surface area contributed by atoms with E-state index in [1.165, 1.54) is 18.9 Å². The maximum Gasteiger partial charge on any atom is 0.329 e. The molecule has 116 valence electrons. The molecule has 2 aliphatic heterocycles. The topological polar surface area (TPSA) is 107 Å². The number of likely N-dealkylation sites (tertiary alicyclic amines) is 2. The lowest BCUT2D eigenvalue weighted by Gasteiger charge is -2.41. The maximum absolute atomic E-state index is 12.3. The number of carbonyl (C=O) groups is 4. The van der Waals surface area contributed by atoms with Gasteiger partial charge in [-0.1, -0.05) is 0 Å². The average Bonchev–Trinajstić information content (AvgIpc) is 2.66. The molecule has 2 N–H and O–H groups in total. The summed E-state index contributed by atoms with van der Waals surface area (Å²) in [5, 5.41) is 11.8. The second kappa shape index (κ2) is 5.34. The van der Waals surface area contributed by atoms with Gasteiger partial charge in [0, 0.05) is 13.6 Å². The van der Waals surface area contributed by atoms with Crippen LogP contribution in [0.3, 0.4) is 0 Å². The number of nitrogens with zero attached hydrogens (tertiary/aromatic N) is 2. The van der Waals surface area contributed by atoms with Crippen LogP contribution >= 0.6 is 0 Å². The molecule has 4 amide bonds. The first-order chi connectivity index (χ1) is 9.77. The number of hydrogen-bond acceptors (Lipinski definition) is 4. The van der Waals surface area contributed by atoms with Crippen LogP contribution in [0, 0.1) is 0 Å². The van der Waals surface area contributed by atoms with E-state index in [9.17, 15) is 24.3 Å². The Morgan fingerprint density at radius 1 is 1.33 bits per heavy atom. The minimum absolute atomic E-state index is 0.0846. The summed E-state index contributed by atoms with van der Waals surface area (Å²) in [6.45, 7) is 1.82. The van der Waals surface area contributed by atoms with Gasteiger partial charge in [0.1, 0.15) is 11.6 Å². The number of hydrogen-bond donors (Lipinski definition) is 2. The van der Waals surface area contributed by atoms with Gasteiger partial charge in [-0.3, -0.25) is 14.5 Å². The van der Waals surface area contributed by atoms with Crippen LogP contribution in [0.2, 0.25) is 0 Å². The number of urea groups is 1. The predicted molar refractivity (Wildman–Crippen MR) is 71.3 cm³/mol. The SMILES string of the molecule is CN1C(=O)CC(NC(=O)N2CCCCC2(C)C(=O)O)C1=O. The van der Waals surface area contributed by atoms with E-state index in [1.807, 2.05) is 0 Å². The molecule has 8 heteroatoms. The van der Waals surface area contributed by atoms with E-state index in [0.29, 0.717) is 19.4 Å². The van der Waals surface area contributed by atoms with Crippen molar-refractivity contribution >= 4 is 23.8 Å². The van der Waals surface area contributed by atoms with Crippen molar-refractivity contribution in [3.8, 4) is 0 Å². The molecule has 0 saturated carbocycles. The molecule has 21 heavy (non-hydrogen) atoms. The summed E-state index contributed by atoms with van der Waals surface area (Å²) < 4.78 is 0. The molecule has 0 spiro atoms. The number of amides is 4. The highest BCUT2D eigenvalue weighted by atomic mass is 16.4. The first-order valence-electron chi connectivity index (χ1n) is 6.89. The molecule has 2 rings (SSSR count). The summed E-state index contributed by atoms with van der Waals surface area (Å²) in [4.78, 5) is 49.2. The van der Waals surface area contributed by atoms with Crippen LogP contribution in [0.1, 0.15) is 32.6 Å². The van der Waals surface area contributed by atoms with Crippen molar-refractivity contribution in [2.24, 2.45) is 0 Å². The van der Waals surface area contributed by atoms with E-state index >= 15 is 0 Å². The molecule has 2 saturated heterocycles. The highest BCUT2D eigenvalue weighted by Gasteiger charge is 2.45. The molecular weight excluding hydrogens is 278 g/mol. The van der Waals surface area contributed by atoms with E-state index < -0.39 is 29.5 Å². The van der Waals surface area contributed by atoms with Crippen molar-refractivity contribution in [2.75, 3.05) is 13.6 Å². The van der Waals surface area contributed by atoms with Gasteiger partial charge in [0.15, 0.2) is 0 Å². The van der Waals surface area contributed by atoms with Gasteiger partial charge in [-0.15, -0.1) is 0 Å². The van der Waals surface area contributed by atoms with Gasteiger partial charge in [-0.2, -0.15) is 0 Å². The molecule has 8 nitrogen and oxygen atoms in total. The zero-order chi connectivity index (χ0) is 15.8. The van der Waals surface area contributed by atoms with Crippen LogP contribution in [0.4, 0.5) is 4.79 Å². The van der Waals surface area contributed by atoms with Crippen molar-refractivity contribution in [1.82, 2.24) is 15.1 Å². The standard InChI is InChI=1S/C13H19N3O5/c1-13(11(19)20)5-3-4-6-16(13)12(21)14-8-7-9(17)15(2)10(8)18/h8H,3-7H2,1-2H3,(H,14,21)(H,19,20). The number of carbonyl (C=O) groups excluding carboxylic acids is 3. The number of imide groups is 1. The maximum atomic E-state index is 12.3. The first-order valence-corrected chi connectivity index (χ1v) is 6.89. The van der Waals surface area contributed by atoms with Gasteiger partial charge in [0.05, 0.1) is 6.42 Å². The quantitative estimate of drug-likeness (QED) is 0.685. The smallest absolute Gasteiger partial charge is 0.329 e. The number of aliphatic carboxylic acids is 1. The fourth-order valence-electron chi connectivity index (χ4n) is 2.76. The molecule has 2 fully saturated rings. The molecule has 0 aliphatic carbocycles. The number of rotatable bonds is 2. The van der Waals surface area contributed by atoms with Gasteiger partial charge in [-0.25, -0.2) is 9.59 Å². The Balaban J connectivity index is 2.10. The van der Waals surface area contributed by atoms with E-state index in [2.05, 4.69) is 5.32 Å². The second-order valence-corrected chi connectivity index (χ2v) is 5.68. The molecule has 0 aromatic rings. The van der Waals surface area contributed by atoms with Crippen LogP contribution in [-0.2, 0) is 14.4 Å². The molecule has 2 heterocycles. The zero-order valence-electron chi connectivity index (χ0n) is 12.1. The van der Waals surface area contributed by atoms with Crippen molar-refractivity contribution < 1.29 is 24.3 Å². The van der Waals surface area contributed by atoms with E-state index in [-0.39, 0.29) is 12.3 Å². The summed E-state index contributed by atoms with van der Waals surface area (Å²) in [5.74, 6) is -1.89. The Morgan fingerprint density at radius 2 is 2.00 bits per heavy atom. The van der Waals surface area contributed by atoms with Gasteiger partial charge in [0.2, 0.25) is 5.91 Å². The summed E-state index contributed by atoms with van der Waals surface area (Å²) >= 11 is 0. The van der Waals surface area contributed by atoms with Gasteiger partial charge >= 0.3 is 12.0 Å². The van der Waals surface area contributed by atoms with E-state index in [1.54, 1.807) is 0 Å². The van der Waals surface area contributed by atoms with Crippen LogP contribution in [0.25, 0.3) is 0 Å². The molecular formula is C13H19N3O5. The monoisotopic (exact) mass is 297 g/mol. The number of nitrogens with one attached hydrogen (secondary N) is 1. The third kappa shape index (κ3) is 2.57. The van der Waals surface area contributed by atoms with E-state index in [4.69, 9.17) is 0 Å². The molecule has 2 atom stereocenters. The molecule has 2 unspecified atom stereocenters. The highest BCUT2D eigenvalue weighted by molar-refractivity contribution is 6.06. The minimum Gasteiger partial charge on any atom is -0.480 e. The Bertz CT molecular complexity index is 506. The Morgan fingerprint density at radius 3 is 2.52 bits per heavy atom. The molecule has 2 aliphatic rings. The number of carboxylic acid groups (broad SMARTS) is 1. The highest BCUT2D eigenvalue weighted by Crippen LogP contribution is 2.28. The lowest BCUT2D eigenvalue weighted by Crippen LogP contribution is -2.61. The van der Waals surface area contributed by atoms with Crippen molar-refractivity contribution in [1.29, 1.82) is 0 Å². The zero-order valence-corrected chi connectivity index (χ0v) is 12.1. The molecule has 0 aromatic heterocycles. The van der Waals surface area contributed by atoms with Gasteiger partial charge in [-0.05, 0) is 26.2 Å². The van der Waals surface area contributed by atoms with Crippen molar-refractivity contribution in [2.45, 2.75) is 44.2 Å². The number of likely N-dealkylation sites (N-methyl/N-ethyl adjacent to an activating group) is 1. The lowest BCUT2D eigenvalue weighted by atomic mass is 9.89. The number of piperidine rings is 1. The van der Waals surface area contributed by atoms with E-state index in [0.717, 1.165) is 11.3 Å². The molecule has 0 bridgehead atoms. The van der Waals surface area contributed by atoms with Gasteiger partial charge < -0.3 is 15.3 Å². The Labute approximate surface area is 122 Å². The van der Waals surface area contributed by atoms with Crippen molar-refractivity contribution in [3.05, 3.63) is 0 Å². The molecule has 0 aromatic carbocycles. The Hall–Kier alpha value is -2.12. The predicted octanol–water partition coefficient (Wildman–Crippen LogP) is -0.217. The Kier molecular flexibility index (Phi) is 3.89. The summed E-state index contributed by atoms with van der Waals surface area (Å²) in [6.07, 6.45) is 1.73. The summed E-state index contributed by atoms with van der Waals surface area (Å²) in [7, 11) is 1.36. The van der Waals surface area contributed by atoms with Gasteiger partial charge in [0.25, 0.3) is 5.91 Å².